The fourth-order valence-electron chi connectivity index (χ4n) is 2.37. The van der Waals surface area contributed by atoms with E-state index in [2.05, 4.69) is 15.3 Å². The summed E-state index contributed by atoms with van der Waals surface area (Å²) in [7, 11) is 0. The molecule has 1 amide bonds. The van der Waals surface area contributed by atoms with Crippen LogP contribution in [-0.2, 0) is 17.8 Å². The molecule has 3 rings (SSSR count). The van der Waals surface area contributed by atoms with Crippen LogP contribution >= 0.6 is 0 Å². The molecule has 1 aromatic carbocycles. The van der Waals surface area contributed by atoms with Crippen LogP contribution in [0.5, 0.6) is 11.6 Å². The molecule has 5 heteroatoms. The molecule has 2 aromatic heterocycles. The first kappa shape index (κ1) is 16.6. The first-order valence-electron chi connectivity index (χ1n) is 8.05. The van der Waals surface area contributed by atoms with Gasteiger partial charge in [0.05, 0.1) is 6.42 Å². The molecule has 0 saturated carbocycles. The van der Waals surface area contributed by atoms with Crippen molar-refractivity contribution in [1.82, 2.24) is 15.3 Å². The van der Waals surface area contributed by atoms with E-state index >= 15 is 0 Å². The Labute approximate surface area is 146 Å². The number of rotatable bonds is 6. The van der Waals surface area contributed by atoms with Gasteiger partial charge in [0.25, 0.3) is 0 Å². The average Bonchev–Trinajstić information content (AvgIpc) is 2.64. The monoisotopic (exact) mass is 333 g/mol. The summed E-state index contributed by atoms with van der Waals surface area (Å²) >= 11 is 0. The molecular formula is C20H19N3O2. The third-order valence-electron chi connectivity index (χ3n) is 3.71. The van der Waals surface area contributed by atoms with Crippen molar-refractivity contribution < 1.29 is 9.53 Å². The lowest BCUT2D eigenvalue weighted by molar-refractivity contribution is -0.120. The fourth-order valence-corrected chi connectivity index (χ4v) is 2.37. The smallest absolute Gasteiger partial charge is 0.224 e. The molecule has 126 valence electrons. The quantitative estimate of drug-likeness (QED) is 0.750. The van der Waals surface area contributed by atoms with Crippen LogP contribution < -0.4 is 10.1 Å². The van der Waals surface area contributed by atoms with E-state index in [-0.39, 0.29) is 5.91 Å². The highest BCUT2D eigenvalue weighted by Gasteiger charge is 2.09. The van der Waals surface area contributed by atoms with Crippen LogP contribution in [0.1, 0.15) is 16.7 Å². The lowest BCUT2D eigenvalue weighted by Gasteiger charge is -2.12. The molecule has 0 aliphatic carbocycles. The summed E-state index contributed by atoms with van der Waals surface area (Å²) in [5, 5.41) is 2.90. The lowest BCUT2D eigenvalue weighted by Crippen LogP contribution is -2.24. The molecule has 0 aliphatic heterocycles. The molecule has 2 heterocycles. The minimum absolute atomic E-state index is 0.0707. The minimum Gasteiger partial charge on any atom is -0.438 e. The van der Waals surface area contributed by atoms with E-state index in [1.165, 1.54) is 0 Å². The van der Waals surface area contributed by atoms with Crippen LogP contribution in [0.25, 0.3) is 0 Å². The molecule has 0 fully saturated rings. The normalized spacial score (nSPS) is 10.3. The zero-order valence-electron chi connectivity index (χ0n) is 14.0. The number of hydrogen-bond donors (Lipinski definition) is 1. The summed E-state index contributed by atoms with van der Waals surface area (Å²) in [5.41, 5.74) is 2.73. The van der Waals surface area contributed by atoms with Gasteiger partial charge in [-0.3, -0.25) is 9.78 Å². The maximum atomic E-state index is 12.1. The van der Waals surface area contributed by atoms with E-state index in [1.54, 1.807) is 18.6 Å². The van der Waals surface area contributed by atoms with Crippen LogP contribution in [0, 0.1) is 6.92 Å². The van der Waals surface area contributed by atoms with Crippen molar-refractivity contribution in [3.63, 3.8) is 0 Å². The van der Waals surface area contributed by atoms with Crippen LogP contribution in [0.2, 0.25) is 0 Å². The number of carbonyl (C=O) groups excluding carboxylic acids is 1. The summed E-state index contributed by atoms with van der Waals surface area (Å²) in [6, 6.07) is 15.2. The number of hydrogen-bond acceptors (Lipinski definition) is 4. The minimum atomic E-state index is -0.0707. The number of nitrogens with zero attached hydrogens (tertiary/aromatic N) is 2. The van der Waals surface area contributed by atoms with E-state index in [9.17, 15) is 4.79 Å². The Morgan fingerprint density at radius 3 is 2.72 bits per heavy atom. The number of benzene rings is 1. The summed E-state index contributed by atoms with van der Waals surface area (Å²) in [5.74, 6) is 1.18. The second kappa shape index (κ2) is 8.06. The first-order chi connectivity index (χ1) is 12.2. The van der Waals surface area contributed by atoms with Crippen LogP contribution in [0.3, 0.4) is 0 Å². The van der Waals surface area contributed by atoms with Crippen LogP contribution in [0.4, 0.5) is 0 Å². The van der Waals surface area contributed by atoms with Gasteiger partial charge in [0.2, 0.25) is 11.8 Å². The largest absolute Gasteiger partial charge is 0.438 e. The van der Waals surface area contributed by atoms with Gasteiger partial charge in [-0.25, -0.2) is 4.98 Å². The molecule has 0 unspecified atom stereocenters. The van der Waals surface area contributed by atoms with Gasteiger partial charge in [-0.15, -0.1) is 0 Å². The molecule has 1 N–H and O–H groups in total. The average molecular weight is 333 g/mol. The van der Waals surface area contributed by atoms with Gasteiger partial charge in [0, 0.05) is 30.7 Å². The zero-order chi connectivity index (χ0) is 17.5. The van der Waals surface area contributed by atoms with Crippen LogP contribution in [0.15, 0.2) is 67.1 Å². The highest BCUT2D eigenvalue weighted by Crippen LogP contribution is 2.25. The Balaban J connectivity index is 1.65. The van der Waals surface area contributed by atoms with E-state index in [0.29, 0.717) is 18.8 Å². The van der Waals surface area contributed by atoms with Crippen molar-refractivity contribution in [2.75, 3.05) is 0 Å². The summed E-state index contributed by atoms with van der Waals surface area (Å²) in [6.45, 7) is 2.34. The number of carbonyl (C=O) groups is 1. The maximum absolute atomic E-state index is 12.1. The van der Waals surface area contributed by atoms with Crippen molar-refractivity contribution in [2.24, 2.45) is 0 Å². The van der Waals surface area contributed by atoms with Crippen molar-refractivity contribution in [2.45, 2.75) is 19.9 Å². The van der Waals surface area contributed by atoms with Gasteiger partial charge < -0.3 is 10.1 Å². The number of aromatic nitrogens is 2. The first-order valence-corrected chi connectivity index (χ1v) is 8.05. The number of para-hydroxylation sites is 1. The molecule has 0 atom stereocenters. The van der Waals surface area contributed by atoms with Gasteiger partial charge in [-0.2, -0.15) is 0 Å². The fraction of sp³-hybridized carbons (Fsp3) is 0.150. The van der Waals surface area contributed by atoms with Crippen molar-refractivity contribution in [3.8, 4) is 11.6 Å². The van der Waals surface area contributed by atoms with Gasteiger partial charge in [0.1, 0.15) is 5.75 Å². The van der Waals surface area contributed by atoms with Gasteiger partial charge in [-0.05, 0) is 36.2 Å². The third kappa shape index (κ3) is 4.64. The molecule has 0 spiro atoms. The highest BCUT2D eigenvalue weighted by molar-refractivity contribution is 5.78. The van der Waals surface area contributed by atoms with Crippen molar-refractivity contribution >= 4 is 5.91 Å². The number of pyridine rings is 2. The zero-order valence-corrected chi connectivity index (χ0v) is 14.0. The molecule has 0 saturated heterocycles. The molecule has 3 aromatic rings. The Bertz CT molecular complexity index is 850. The van der Waals surface area contributed by atoms with Gasteiger partial charge >= 0.3 is 0 Å². The van der Waals surface area contributed by atoms with Crippen LogP contribution in [-0.4, -0.2) is 15.9 Å². The Morgan fingerprint density at radius 1 is 1.08 bits per heavy atom. The van der Waals surface area contributed by atoms with E-state index in [4.69, 9.17) is 4.74 Å². The summed E-state index contributed by atoms with van der Waals surface area (Å²) in [4.78, 5) is 20.4. The molecule has 0 aliphatic rings. The van der Waals surface area contributed by atoms with E-state index in [1.807, 2.05) is 55.5 Å². The SMILES string of the molecule is Cc1ccccc1Oc1ncccc1CNC(=O)Cc1cccnc1. The predicted octanol–water partition coefficient (Wildman–Crippen LogP) is 3.44. The summed E-state index contributed by atoms with van der Waals surface area (Å²) < 4.78 is 5.92. The lowest BCUT2D eigenvalue weighted by atomic mass is 10.2. The van der Waals surface area contributed by atoms with Crippen molar-refractivity contribution in [1.29, 1.82) is 0 Å². The third-order valence-corrected chi connectivity index (χ3v) is 3.71. The highest BCUT2D eigenvalue weighted by atomic mass is 16.5. The predicted molar refractivity (Wildman–Crippen MR) is 95.3 cm³/mol. The topological polar surface area (TPSA) is 64.1 Å². The number of nitrogens with one attached hydrogen (secondary N) is 1. The van der Waals surface area contributed by atoms with E-state index < -0.39 is 0 Å². The molecule has 0 bridgehead atoms. The second-order valence-electron chi connectivity index (χ2n) is 5.65. The number of amides is 1. The number of ether oxygens (including phenoxy) is 1. The van der Waals surface area contributed by atoms with E-state index in [0.717, 1.165) is 22.4 Å². The Hall–Kier alpha value is -3.21. The van der Waals surface area contributed by atoms with Gasteiger partial charge in [0.15, 0.2) is 0 Å². The molecule has 0 radical (unpaired) electrons. The standard InChI is InChI=1S/C20H19N3O2/c1-15-6-2-3-9-18(15)25-20-17(8-5-11-22-20)14-23-19(24)12-16-7-4-10-21-13-16/h2-11,13H,12,14H2,1H3,(H,23,24). The number of aryl methyl sites for hydroxylation is 1. The maximum Gasteiger partial charge on any atom is 0.224 e. The summed E-state index contributed by atoms with van der Waals surface area (Å²) in [6.07, 6.45) is 5.35. The van der Waals surface area contributed by atoms with Gasteiger partial charge in [-0.1, -0.05) is 30.3 Å². The van der Waals surface area contributed by atoms with Crippen molar-refractivity contribution in [3.05, 3.63) is 83.8 Å². The second-order valence-corrected chi connectivity index (χ2v) is 5.65. The molecule has 25 heavy (non-hydrogen) atoms. The Morgan fingerprint density at radius 2 is 1.92 bits per heavy atom. The Kier molecular flexibility index (Phi) is 5.36. The molecular weight excluding hydrogens is 314 g/mol. The molecule has 5 nitrogen and oxygen atoms in total.